The average molecular weight is 452 g/mol. The normalized spacial score (nSPS) is 13.5. The standard InChI is InChI=1S/C23H30ClNO6/c1-7-9-14-10-19(26)29-17-12-18(16(24)11-15(14)17)30-21(27)20(13(3)8-2)25-22(28)31-23(4,5)6/h10-13,20H,7-9H2,1-6H3,(H,25,28)/t13-,20-/m0/s1. The topological polar surface area (TPSA) is 94.8 Å². The fraction of sp³-hybridized carbons (Fsp3) is 0.522. The first-order valence-corrected chi connectivity index (χ1v) is 10.8. The highest BCUT2D eigenvalue weighted by atomic mass is 35.5. The lowest BCUT2D eigenvalue weighted by Gasteiger charge is -2.25. The molecule has 170 valence electrons. The number of aryl methyl sites for hydroxylation is 1. The van der Waals surface area contributed by atoms with E-state index in [0.717, 1.165) is 12.0 Å². The third kappa shape index (κ3) is 6.72. The van der Waals surface area contributed by atoms with Crippen molar-refractivity contribution >= 4 is 34.6 Å². The molecule has 0 radical (unpaired) electrons. The summed E-state index contributed by atoms with van der Waals surface area (Å²) in [6.45, 7) is 10.9. The lowest BCUT2D eigenvalue weighted by atomic mass is 9.99. The van der Waals surface area contributed by atoms with E-state index in [1.807, 2.05) is 20.8 Å². The number of ether oxygens (including phenoxy) is 2. The van der Waals surface area contributed by atoms with Gasteiger partial charge in [-0.3, -0.25) is 0 Å². The number of hydrogen-bond acceptors (Lipinski definition) is 6. The van der Waals surface area contributed by atoms with Crippen molar-refractivity contribution in [3.8, 4) is 5.75 Å². The maximum atomic E-state index is 12.9. The molecule has 0 fully saturated rings. The van der Waals surface area contributed by atoms with Crippen molar-refractivity contribution < 1.29 is 23.5 Å². The van der Waals surface area contributed by atoms with Crippen LogP contribution in [0.4, 0.5) is 4.79 Å². The van der Waals surface area contributed by atoms with E-state index in [9.17, 15) is 14.4 Å². The number of amides is 1. The first kappa shape index (κ1) is 24.7. The molecule has 1 N–H and O–H groups in total. The summed E-state index contributed by atoms with van der Waals surface area (Å²) in [6, 6.07) is 3.55. The maximum Gasteiger partial charge on any atom is 0.408 e. The van der Waals surface area contributed by atoms with Gasteiger partial charge in [0.2, 0.25) is 0 Å². The van der Waals surface area contributed by atoms with Crippen LogP contribution in [0.1, 0.15) is 59.9 Å². The molecule has 0 aliphatic rings. The molecule has 1 aromatic carbocycles. The maximum absolute atomic E-state index is 12.9. The molecule has 0 unspecified atom stereocenters. The van der Waals surface area contributed by atoms with Gasteiger partial charge in [-0.1, -0.05) is 45.2 Å². The first-order valence-electron chi connectivity index (χ1n) is 10.4. The van der Waals surface area contributed by atoms with Crippen LogP contribution in [0.15, 0.2) is 27.4 Å². The second-order valence-electron chi connectivity index (χ2n) is 8.55. The number of carbonyl (C=O) groups is 2. The monoisotopic (exact) mass is 451 g/mol. The van der Waals surface area contributed by atoms with Gasteiger partial charge in [-0.2, -0.15) is 0 Å². The molecular weight excluding hydrogens is 422 g/mol. The third-order valence-corrected chi connectivity index (χ3v) is 5.05. The predicted molar refractivity (Wildman–Crippen MR) is 120 cm³/mol. The van der Waals surface area contributed by atoms with E-state index < -0.39 is 29.3 Å². The van der Waals surface area contributed by atoms with E-state index >= 15 is 0 Å². The van der Waals surface area contributed by atoms with E-state index in [1.54, 1.807) is 26.8 Å². The Labute approximate surface area is 187 Å². The van der Waals surface area contributed by atoms with Gasteiger partial charge in [-0.15, -0.1) is 0 Å². The summed E-state index contributed by atoms with van der Waals surface area (Å²) in [5.41, 5.74) is -0.0933. The number of rotatable bonds is 7. The van der Waals surface area contributed by atoms with Crippen LogP contribution >= 0.6 is 11.6 Å². The van der Waals surface area contributed by atoms with Gasteiger partial charge in [0.25, 0.3) is 0 Å². The van der Waals surface area contributed by atoms with E-state index in [0.29, 0.717) is 18.2 Å². The first-order chi connectivity index (χ1) is 14.4. The summed E-state index contributed by atoms with van der Waals surface area (Å²) in [7, 11) is 0. The van der Waals surface area contributed by atoms with Gasteiger partial charge in [-0.05, 0) is 44.7 Å². The summed E-state index contributed by atoms with van der Waals surface area (Å²) < 4.78 is 16.0. The van der Waals surface area contributed by atoms with Crippen molar-refractivity contribution in [2.24, 2.45) is 5.92 Å². The zero-order valence-corrected chi connectivity index (χ0v) is 19.6. The Bertz CT molecular complexity index is 1010. The van der Waals surface area contributed by atoms with Crippen LogP contribution in [0.3, 0.4) is 0 Å². The fourth-order valence-electron chi connectivity index (χ4n) is 3.06. The minimum atomic E-state index is -0.940. The summed E-state index contributed by atoms with van der Waals surface area (Å²) >= 11 is 6.36. The molecule has 1 amide bonds. The number of alkyl carbamates (subject to hydrolysis) is 1. The molecule has 0 saturated carbocycles. The quantitative estimate of drug-likeness (QED) is 0.351. The lowest BCUT2D eigenvalue weighted by Crippen LogP contribution is -2.48. The zero-order valence-electron chi connectivity index (χ0n) is 18.8. The fourth-order valence-corrected chi connectivity index (χ4v) is 3.26. The van der Waals surface area contributed by atoms with Crippen LogP contribution in [-0.4, -0.2) is 23.7 Å². The van der Waals surface area contributed by atoms with Crippen LogP contribution in [0, 0.1) is 5.92 Å². The van der Waals surface area contributed by atoms with Crippen molar-refractivity contribution in [3.05, 3.63) is 39.2 Å². The molecule has 2 atom stereocenters. The molecule has 0 saturated heterocycles. The molecule has 1 aromatic heterocycles. The van der Waals surface area contributed by atoms with Gasteiger partial charge in [0.1, 0.15) is 17.2 Å². The molecule has 31 heavy (non-hydrogen) atoms. The Morgan fingerprint density at radius 3 is 2.45 bits per heavy atom. The van der Waals surface area contributed by atoms with Gasteiger partial charge >= 0.3 is 17.7 Å². The van der Waals surface area contributed by atoms with Crippen LogP contribution in [0.5, 0.6) is 5.75 Å². The van der Waals surface area contributed by atoms with Crippen molar-refractivity contribution in [3.63, 3.8) is 0 Å². The molecule has 0 bridgehead atoms. The molecule has 7 nitrogen and oxygen atoms in total. The zero-order chi connectivity index (χ0) is 23.3. The Morgan fingerprint density at radius 1 is 1.19 bits per heavy atom. The SMILES string of the molecule is CCCc1cc(=O)oc2cc(OC(=O)[C@@H](NC(=O)OC(C)(C)C)[C@@H](C)CC)c(Cl)cc12. The number of esters is 1. The lowest BCUT2D eigenvalue weighted by molar-refractivity contribution is -0.138. The van der Waals surface area contributed by atoms with Gasteiger partial charge in [-0.25, -0.2) is 14.4 Å². The highest BCUT2D eigenvalue weighted by Gasteiger charge is 2.30. The van der Waals surface area contributed by atoms with Crippen LogP contribution in [0.25, 0.3) is 11.0 Å². The van der Waals surface area contributed by atoms with Gasteiger partial charge in [0.15, 0.2) is 5.75 Å². The summed E-state index contributed by atoms with van der Waals surface area (Å²) in [6.07, 6.45) is 1.44. The number of halogens is 1. The summed E-state index contributed by atoms with van der Waals surface area (Å²) in [5.74, 6) is -0.850. The molecule has 2 aromatic rings. The number of benzene rings is 1. The average Bonchev–Trinajstić information content (AvgIpc) is 2.65. The van der Waals surface area contributed by atoms with Crippen molar-refractivity contribution in [1.82, 2.24) is 5.32 Å². The smallest absolute Gasteiger partial charge is 0.408 e. The molecule has 0 spiro atoms. The summed E-state index contributed by atoms with van der Waals surface area (Å²) in [4.78, 5) is 37.0. The largest absolute Gasteiger partial charge is 0.444 e. The van der Waals surface area contributed by atoms with Gasteiger partial charge in [0, 0.05) is 17.5 Å². The van der Waals surface area contributed by atoms with Crippen molar-refractivity contribution in [2.45, 2.75) is 72.4 Å². The minimum Gasteiger partial charge on any atom is -0.444 e. The molecule has 8 heteroatoms. The Morgan fingerprint density at radius 2 is 1.87 bits per heavy atom. The van der Waals surface area contributed by atoms with Gasteiger partial charge < -0.3 is 19.2 Å². The number of carbonyl (C=O) groups excluding carboxylic acids is 2. The predicted octanol–water partition coefficient (Wildman–Crippen LogP) is 5.24. The van der Waals surface area contributed by atoms with E-state index in [1.165, 1.54) is 12.1 Å². The molecule has 0 aliphatic carbocycles. The van der Waals surface area contributed by atoms with E-state index in [-0.39, 0.29) is 22.3 Å². The molecule has 2 rings (SSSR count). The minimum absolute atomic E-state index is 0.0512. The van der Waals surface area contributed by atoms with E-state index in [2.05, 4.69) is 5.32 Å². The second-order valence-corrected chi connectivity index (χ2v) is 8.96. The number of fused-ring (bicyclic) bond motifs is 1. The Balaban J connectivity index is 2.33. The van der Waals surface area contributed by atoms with Gasteiger partial charge in [0.05, 0.1) is 5.02 Å². The third-order valence-electron chi connectivity index (χ3n) is 4.75. The highest BCUT2D eigenvalue weighted by Crippen LogP contribution is 2.32. The molecule has 1 heterocycles. The van der Waals surface area contributed by atoms with Crippen molar-refractivity contribution in [2.75, 3.05) is 0 Å². The summed E-state index contributed by atoms with van der Waals surface area (Å²) in [5, 5.41) is 3.48. The number of hydrogen-bond donors (Lipinski definition) is 1. The van der Waals surface area contributed by atoms with Crippen LogP contribution in [0.2, 0.25) is 5.02 Å². The Hall–Kier alpha value is -2.54. The molecular formula is C23H30ClNO6. The van der Waals surface area contributed by atoms with Crippen molar-refractivity contribution in [1.29, 1.82) is 0 Å². The molecule has 0 aliphatic heterocycles. The number of nitrogens with one attached hydrogen (secondary N) is 1. The van der Waals surface area contributed by atoms with E-state index in [4.69, 9.17) is 25.5 Å². The second kappa shape index (κ2) is 10.2. The van der Waals surface area contributed by atoms with Crippen LogP contribution < -0.4 is 15.7 Å². The highest BCUT2D eigenvalue weighted by molar-refractivity contribution is 6.33. The van der Waals surface area contributed by atoms with Crippen LogP contribution in [-0.2, 0) is 16.0 Å². The Kier molecular flexibility index (Phi) is 8.12.